The number of hydrogen-bond donors (Lipinski definition) is 1. The lowest BCUT2D eigenvalue weighted by atomic mass is 10.1. The molecule has 4 rings (SSSR count). The van der Waals surface area contributed by atoms with Crippen LogP contribution in [0.4, 0.5) is 0 Å². The van der Waals surface area contributed by atoms with Crippen LogP contribution >= 0.6 is 0 Å². The van der Waals surface area contributed by atoms with E-state index in [0.29, 0.717) is 23.7 Å². The third-order valence-electron chi connectivity index (χ3n) is 5.15. The van der Waals surface area contributed by atoms with Crippen molar-refractivity contribution in [1.29, 1.82) is 0 Å². The molecule has 7 nitrogen and oxygen atoms in total. The standard InChI is InChI=1S/C26H23N3O4/c30-23(27-16-15-19-9-3-1-4-10-19)18-33-26(32)24-21-13-7-8-14-22(21)25(31)29(28-24)17-20-11-5-2-6-12-20/h1-14H,15-18H2,(H,27,30). The molecule has 0 fully saturated rings. The van der Waals surface area contributed by atoms with Crippen LogP contribution < -0.4 is 10.9 Å². The summed E-state index contributed by atoms with van der Waals surface area (Å²) in [6.45, 7) is 0.218. The highest BCUT2D eigenvalue weighted by Gasteiger charge is 2.19. The second-order valence-corrected chi connectivity index (χ2v) is 7.50. The molecule has 166 valence electrons. The predicted molar refractivity (Wildman–Crippen MR) is 125 cm³/mol. The van der Waals surface area contributed by atoms with Crippen molar-refractivity contribution in [3.63, 3.8) is 0 Å². The summed E-state index contributed by atoms with van der Waals surface area (Å²) in [7, 11) is 0. The minimum absolute atomic E-state index is 0.00165. The number of fused-ring (bicyclic) bond motifs is 1. The fourth-order valence-electron chi connectivity index (χ4n) is 3.49. The van der Waals surface area contributed by atoms with Crippen molar-refractivity contribution in [3.8, 4) is 0 Å². The summed E-state index contributed by atoms with van der Waals surface area (Å²) < 4.78 is 6.46. The van der Waals surface area contributed by atoms with Gasteiger partial charge >= 0.3 is 5.97 Å². The molecule has 0 atom stereocenters. The second kappa shape index (κ2) is 10.4. The van der Waals surface area contributed by atoms with Gasteiger partial charge in [-0.2, -0.15) is 5.10 Å². The molecule has 3 aromatic carbocycles. The zero-order valence-corrected chi connectivity index (χ0v) is 17.9. The van der Waals surface area contributed by atoms with Crippen LogP contribution in [0.5, 0.6) is 0 Å². The molecule has 1 aromatic heterocycles. The van der Waals surface area contributed by atoms with Crippen molar-refractivity contribution < 1.29 is 14.3 Å². The van der Waals surface area contributed by atoms with Gasteiger partial charge in [0.05, 0.1) is 11.9 Å². The van der Waals surface area contributed by atoms with Crippen LogP contribution in [0.25, 0.3) is 10.8 Å². The van der Waals surface area contributed by atoms with E-state index in [1.54, 1.807) is 24.3 Å². The third-order valence-corrected chi connectivity index (χ3v) is 5.15. The Bertz CT molecular complexity index is 1320. The van der Waals surface area contributed by atoms with Gasteiger partial charge in [-0.3, -0.25) is 9.59 Å². The number of esters is 1. The highest BCUT2D eigenvalue weighted by Crippen LogP contribution is 2.15. The second-order valence-electron chi connectivity index (χ2n) is 7.50. The molecule has 0 aliphatic rings. The van der Waals surface area contributed by atoms with Crippen molar-refractivity contribution in [1.82, 2.24) is 15.1 Å². The normalized spacial score (nSPS) is 10.7. The number of ether oxygens (including phenoxy) is 1. The minimum Gasteiger partial charge on any atom is -0.451 e. The van der Waals surface area contributed by atoms with Gasteiger partial charge in [0.25, 0.3) is 11.5 Å². The number of carbonyl (C=O) groups excluding carboxylic acids is 2. The molecular weight excluding hydrogens is 418 g/mol. The summed E-state index contributed by atoms with van der Waals surface area (Å²) in [5, 5.41) is 7.76. The Morgan fingerprint density at radius 1 is 0.818 bits per heavy atom. The molecule has 0 radical (unpaired) electrons. The van der Waals surface area contributed by atoms with Crippen LogP contribution in [-0.4, -0.2) is 34.8 Å². The lowest BCUT2D eigenvalue weighted by Crippen LogP contribution is -2.31. The van der Waals surface area contributed by atoms with Gasteiger partial charge < -0.3 is 10.1 Å². The van der Waals surface area contributed by atoms with Crippen LogP contribution in [0.2, 0.25) is 0 Å². The number of nitrogens with one attached hydrogen (secondary N) is 1. The maximum absolute atomic E-state index is 12.9. The number of benzene rings is 3. The van der Waals surface area contributed by atoms with Gasteiger partial charge in [0.1, 0.15) is 0 Å². The van der Waals surface area contributed by atoms with Gasteiger partial charge in [-0.15, -0.1) is 0 Å². The number of amides is 1. The van der Waals surface area contributed by atoms with E-state index in [9.17, 15) is 14.4 Å². The molecule has 7 heteroatoms. The van der Waals surface area contributed by atoms with E-state index in [4.69, 9.17) is 4.74 Å². The predicted octanol–water partition coefficient (Wildman–Crippen LogP) is 2.96. The van der Waals surface area contributed by atoms with Crippen LogP contribution in [0.1, 0.15) is 21.6 Å². The monoisotopic (exact) mass is 441 g/mol. The number of rotatable bonds is 8. The first-order valence-electron chi connectivity index (χ1n) is 10.6. The summed E-state index contributed by atoms with van der Waals surface area (Å²) in [6.07, 6.45) is 0.678. The molecular formula is C26H23N3O4. The van der Waals surface area contributed by atoms with Gasteiger partial charge in [-0.1, -0.05) is 78.9 Å². The zero-order chi connectivity index (χ0) is 23.0. The Balaban J connectivity index is 1.46. The average molecular weight is 441 g/mol. The van der Waals surface area contributed by atoms with Crippen molar-refractivity contribution in [3.05, 3.63) is 112 Å². The molecule has 4 aromatic rings. The molecule has 1 amide bonds. The summed E-state index contributed by atoms with van der Waals surface area (Å²) >= 11 is 0. The van der Waals surface area contributed by atoms with Crippen molar-refractivity contribution in [2.24, 2.45) is 0 Å². The van der Waals surface area contributed by atoms with Crippen LogP contribution in [0.15, 0.2) is 89.7 Å². The number of nitrogens with zero attached hydrogens (tertiary/aromatic N) is 2. The van der Waals surface area contributed by atoms with Crippen LogP contribution in [-0.2, 0) is 22.5 Å². The first-order valence-corrected chi connectivity index (χ1v) is 10.6. The van der Waals surface area contributed by atoms with Crippen molar-refractivity contribution in [2.45, 2.75) is 13.0 Å². The van der Waals surface area contributed by atoms with Gasteiger partial charge in [0.15, 0.2) is 12.3 Å². The summed E-state index contributed by atoms with van der Waals surface area (Å²) in [5.41, 5.74) is 1.67. The maximum Gasteiger partial charge on any atom is 0.359 e. The molecule has 1 heterocycles. The van der Waals surface area contributed by atoms with E-state index in [2.05, 4.69) is 10.4 Å². The van der Waals surface area contributed by atoms with Crippen molar-refractivity contribution >= 4 is 22.6 Å². The van der Waals surface area contributed by atoms with E-state index in [1.807, 2.05) is 60.7 Å². The number of hydrogen-bond acceptors (Lipinski definition) is 5. The van der Waals surface area contributed by atoms with Gasteiger partial charge in [0.2, 0.25) is 0 Å². The number of carbonyl (C=O) groups is 2. The highest BCUT2D eigenvalue weighted by molar-refractivity contribution is 6.02. The van der Waals surface area contributed by atoms with Crippen molar-refractivity contribution in [2.75, 3.05) is 13.2 Å². The maximum atomic E-state index is 12.9. The zero-order valence-electron chi connectivity index (χ0n) is 17.9. The summed E-state index contributed by atoms with van der Waals surface area (Å²) in [4.78, 5) is 37.8. The Hall–Kier alpha value is -4.26. The lowest BCUT2D eigenvalue weighted by Gasteiger charge is -2.11. The number of aromatic nitrogens is 2. The largest absolute Gasteiger partial charge is 0.451 e. The smallest absolute Gasteiger partial charge is 0.359 e. The first kappa shape index (κ1) is 22.0. The molecule has 0 aliphatic heterocycles. The Kier molecular flexibility index (Phi) is 6.90. The topological polar surface area (TPSA) is 90.3 Å². The molecule has 0 saturated heterocycles. The van der Waals surface area contributed by atoms with Gasteiger partial charge in [-0.05, 0) is 23.6 Å². The SMILES string of the molecule is O=C(COC(=O)c1nn(Cc2ccccc2)c(=O)c2ccccc12)NCCc1ccccc1. The van der Waals surface area contributed by atoms with E-state index in [-0.39, 0.29) is 17.8 Å². The third kappa shape index (κ3) is 5.51. The van der Waals surface area contributed by atoms with E-state index >= 15 is 0 Å². The Morgan fingerprint density at radius 2 is 1.42 bits per heavy atom. The first-order chi connectivity index (χ1) is 16.1. The van der Waals surface area contributed by atoms with E-state index in [0.717, 1.165) is 11.1 Å². The molecule has 0 unspecified atom stereocenters. The van der Waals surface area contributed by atoms with Gasteiger partial charge in [0, 0.05) is 11.9 Å². The lowest BCUT2D eigenvalue weighted by molar-refractivity contribution is -0.124. The molecule has 0 saturated carbocycles. The van der Waals surface area contributed by atoms with Crippen LogP contribution in [0.3, 0.4) is 0 Å². The Labute approximate surface area is 190 Å². The molecule has 0 spiro atoms. The molecule has 33 heavy (non-hydrogen) atoms. The van der Waals surface area contributed by atoms with Crippen LogP contribution in [0, 0.1) is 0 Å². The fraction of sp³-hybridized carbons (Fsp3) is 0.154. The van der Waals surface area contributed by atoms with Gasteiger partial charge in [-0.25, -0.2) is 9.48 Å². The average Bonchev–Trinajstić information content (AvgIpc) is 2.85. The highest BCUT2D eigenvalue weighted by atomic mass is 16.5. The quantitative estimate of drug-likeness (QED) is 0.425. The minimum atomic E-state index is -0.758. The fourth-order valence-corrected chi connectivity index (χ4v) is 3.49. The van der Waals surface area contributed by atoms with E-state index < -0.39 is 18.5 Å². The summed E-state index contributed by atoms with van der Waals surface area (Å²) in [6, 6.07) is 25.9. The molecule has 1 N–H and O–H groups in total. The molecule has 0 aliphatic carbocycles. The molecule has 0 bridgehead atoms. The summed E-state index contributed by atoms with van der Waals surface area (Å²) in [5.74, 6) is -1.16. The van der Waals surface area contributed by atoms with E-state index in [1.165, 1.54) is 4.68 Å². The Morgan fingerprint density at radius 3 is 2.12 bits per heavy atom.